The van der Waals surface area contributed by atoms with E-state index in [-0.39, 0.29) is 24.2 Å². The molecular formula is C17H16BrN3O2. The first kappa shape index (κ1) is 15.7. The van der Waals surface area contributed by atoms with Crippen molar-refractivity contribution in [3.63, 3.8) is 0 Å². The second-order valence-corrected chi connectivity index (χ2v) is 6.37. The Hall–Kier alpha value is -2.21. The van der Waals surface area contributed by atoms with Crippen LogP contribution in [-0.2, 0) is 9.59 Å². The van der Waals surface area contributed by atoms with Gasteiger partial charge in [-0.1, -0.05) is 18.2 Å². The molecule has 1 aliphatic rings. The summed E-state index contributed by atoms with van der Waals surface area (Å²) in [5, 5.41) is 2.82. The number of amides is 2. The number of rotatable bonds is 3. The van der Waals surface area contributed by atoms with E-state index in [4.69, 9.17) is 0 Å². The molecule has 0 spiro atoms. The van der Waals surface area contributed by atoms with Crippen LogP contribution in [0.5, 0.6) is 0 Å². The Labute approximate surface area is 142 Å². The molecule has 2 heterocycles. The van der Waals surface area contributed by atoms with Crippen molar-refractivity contribution < 1.29 is 9.59 Å². The summed E-state index contributed by atoms with van der Waals surface area (Å²) in [6, 6.07) is 11.2. The Morgan fingerprint density at radius 1 is 1.30 bits per heavy atom. The average Bonchev–Trinajstić information content (AvgIpc) is 2.92. The Balaban J connectivity index is 1.74. The largest absolute Gasteiger partial charge is 0.310 e. The third-order valence-corrected chi connectivity index (χ3v) is 4.56. The first-order chi connectivity index (χ1) is 11.1. The van der Waals surface area contributed by atoms with Crippen molar-refractivity contribution in [2.45, 2.75) is 13.3 Å². The Morgan fingerprint density at radius 3 is 2.83 bits per heavy atom. The lowest BCUT2D eigenvalue weighted by atomic mass is 10.1. The molecule has 1 saturated heterocycles. The first-order valence-electron chi connectivity index (χ1n) is 7.33. The van der Waals surface area contributed by atoms with Crippen LogP contribution in [0.15, 0.2) is 47.1 Å². The zero-order valence-corrected chi connectivity index (χ0v) is 14.2. The van der Waals surface area contributed by atoms with Crippen LogP contribution in [0, 0.1) is 12.8 Å². The smallest absolute Gasteiger partial charge is 0.230 e. The van der Waals surface area contributed by atoms with Gasteiger partial charge in [0, 0.05) is 23.6 Å². The number of aromatic nitrogens is 1. The molecular weight excluding hydrogens is 358 g/mol. The third kappa shape index (κ3) is 3.27. The Morgan fingerprint density at radius 2 is 2.09 bits per heavy atom. The molecule has 1 unspecified atom stereocenters. The van der Waals surface area contributed by atoms with Gasteiger partial charge in [-0.15, -0.1) is 0 Å². The monoisotopic (exact) mass is 373 g/mol. The van der Waals surface area contributed by atoms with Gasteiger partial charge in [-0.2, -0.15) is 0 Å². The topological polar surface area (TPSA) is 62.3 Å². The molecule has 118 valence electrons. The zero-order valence-electron chi connectivity index (χ0n) is 12.6. The summed E-state index contributed by atoms with van der Waals surface area (Å²) in [6.07, 6.45) is 1.84. The number of benzene rings is 1. The van der Waals surface area contributed by atoms with Crippen molar-refractivity contribution >= 4 is 39.2 Å². The molecule has 1 N–H and O–H groups in total. The summed E-state index contributed by atoms with van der Waals surface area (Å²) in [5.74, 6) is -0.0511. The maximum Gasteiger partial charge on any atom is 0.230 e. The van der Waals surface area contributed by atoms with Crippen LogP contribution in [0.2, 0.25) is 0 Å². The van der Waals surface area contributed by atoms with Gasteiger partial charge in [0.05, 0.1) is 11.6 Å². The molecule has 23 heavy (non-hydrogen) atoms. The molecule has 6 heteroatoms. The van der Waals surface area contributed by atoms with Crippen molar-refractivity contribution in [1.29, 1.82) is 0 Å². The number of hydrogen-bond donors (Lipinski definition) is 1. The molecule has 2 aromatic rings. The summed E-state index contributed by atoms with van der Waals surface area (Å²) in [4.78, 5) is 30.5. The van der Waals surface area contributed by atoms with Crippen LogP contribution in [-0.4, -0.2) is 23.3 Å². The second kappa shape index (κ2) is 6.50. The molecule has 1 aliphatic heterocycles. The first-order valence-corrected chi connectivity index (χ1v) is 8.13. The van der Waals surface area contributed by atoms with Gasteiger partial charge < -0.3 is 10.2 Å². The number of carbonyl (C=O) groups excluding carboxylic acids is 2. The Bertz CT molecular complexity index is 763. The lowest BCUT2D eigenvalue weighted by molar-refractivity contribution is -0.122. The summed E-state index contributed by atoms with van der Waals surface area (Å²) >= 11 is 3.45. The third-order valence-electron chi connectivity index (χ3n) is 3.89. The van der Waals surface area contributed by atoms with E-state index in [1.165, 1.54) is 0 Å². The predicted octanol–water partition coefficient (Wildman–Crippen LogP) is 3.14. The Kier molecular flexibility index (Phi) is 4.43. The van der Waals surface area contributed by atoms with Gasteiger partial charge in [0.2, 0.25) is 11.8 Å². The summed E-state index contributed by atoms with van der Waals surface area (Å²) < 4.78 is 0.843. The van der Waals surface area contributed by atoms with E-state index in [0.717, 1.165) is 15.7 Å². The molecule has 0 radical (unpaired) electrons. The summed E-state index contributed by atoms with van der Waals surface area (Å²) in [5.41, 5.74) is 1.69. The maximum atomic E-state index is 12.4. The number of aryl methyl sites for hydroxylation is 1. The molecule has 1 aromatic carbocycles. The molecule has 0 aliphatic carbocycles. The second-order valence-electron chi connectivity index (χ2n) is 5.51. The van der Waals surface area contributed by atoms with Gasteiger partial charge >= 0.3 is 0 Å². The SMILES string of the molecule is Cc1cccnc1NC(=O)C1CC(=O)N(c2ccccc2Br)C1. The van der Waals surface area contributed by atoms with E-state index in [1.54, 1.807) is 11.1 Å². The minimum atomic E-state index is -0.379. The summed E-state index contributed by atoms with van der Waals surface area (Å²) in [6.45, 7) is 2.26. The fourth-order valence-electron chi connectivity index (χ4n) is 2.62. The van der Waals surface area contributed by atoms with Crippen LogP contribution in [0.25, 0.3) is 0 Å². The number of nitrogens with zero attached hydrogens (tertiary/aromatic N) is 2. The molecule has 1 fully saturated rings. The fraction of sp³-hybridized carbons (Fsp3) is 0.235. The quantitative estimate of drug-likeness (QED) is 0.898. The lowest BCUT2D eigenvalue weighted by Gasteiger charge is -2.18. The molecule has 0 bridgehead atoms. The highest BCUT2D eigenvalue weighted by Gasteiger charge is 2.36. The maximum absolute atomic E-state index is 12.4. The van der Waals surface area contributed by atoms with Gasteiger partial charge in [-0.05, 0) is 46.6 Å². The highest BCUT2D eigenvalue weighted by atomic mass is 79.9. The minimum absolute atomic E-state index is 0.0465. The van der Waals surface area contributed by atoms with Gasteiger partial charge in [0.25, 0.3) is 0 Å². The highest BCUT2D eigenvalue weighted by Crippen LogP contribution is 2.31. The van der Waals surface area contributed by atoms with Gasteiger partial charge in [-0.3, -0.25) is 9.59 Å². The predicted molar refractivity (Wildman–Crippen MR) is 92.2 cm³/mol. The van der Waals surface area contributed by atoms with E-state index in [0.29, 0.717) is 12.4 Å². The van der Waals surface area contributed by atoms with E-state index in [2.05, 4.69) is 26.2 Å². The lowest BCUT2D eigenvalue weighted by Crippen LogP contribution is -2.28. The van der Waals surface area contributed by atoms with Gasteiger partial charge in [-0.25, -0.2) is 4.98 Å². The number of hydrogen-bond acceptors (Lipinski definition) is 3. The normalized spacial score (nSPS) is 17.4. The molecule has 2 amide bonds. The number of halogens is 1. The molecule has 3 rings (SSSR count). The van der Waals surface area contributed by atoms with Crippen LogP contribution in [0.4, 0.5) is 11.5 Å². The van der Waals surface area contributed by atoms with E-state index in [1.807, 2.05) is 43.3 Å². The van der Waals surface area contributed by atoms with Gasteiger partial charge in [0.1, 0.15) is 5.82 Å². The molecule has 1 aromatic heterocycles. The van der Waals surface area contributed by atoms with Crippen molar-refractivity contribution in [2.24, 2.45) is 5.92 Å². The van der Waals surface area contributed by atoms with Crippen LogP contribution in [0.1, 0.15) is 12.0 Å². The van der Waals surface area contributed by atoms with Crippen molar-refractivity contribution in [3.8, 4) is 0 Å². The van der Waals surface area contributed by atoms with Crippen LogP contribution >= 0.6 is 15.9 Å². The number of nitrogens with one attached hydrogen (secondary N) is 1. The number of carbonyl (C=O) groups is 2. The fourth-order valence-corrected chi connectivity index (χ4v) is 3.12. The van der Waals surface area contributed by atoms with Crippen molar-refractivity contribution in [1.82, 2.24) is 4.98 Å². The van der Waals surface area contributed by atoms with Crippen molar-refractivity contribution in [3.05, 3.63) is 52.6 Å². The van der Waals surface area contributed by atoms with E-state index in [9.17, 15) is 9.59 Å². The minimum Gasteiger partial charge on any atom is -0.310 e. The van der Waals surface area contributed by atoms with Crippen LogP contribution < -0.4 is 10.2 Å². The van der Waals surface area contributed by atoms with Gasteiger partial charge in [0.15, 0.2) is 0 Å². The van der Waals surface area contributed by atoms with Crippen molar-refractivity contribution in [2.75, 3.05) is 16.8 Å². The average molecular weight is 374 g/mol. The highest BCUT2D eigenvalue weighted by molar-refractivity contribution is 9.10. The number of anilines is 2. The van der Waals surface area contributed by atoms with Crippen LogP contribution in [0.3, 0.4) is 0 Å². The molecule has 0 saturated carbocycles. The standard InChI is InChI=1S/C17H16BrN3O2/c1-11-5-4-8-19-16(11)20-17(23)12-9-15(22)21(10-12)14-7-3-2-6-13(14)18/h2-8,12H,9-10H2,1H3,(H,19,20,23). The zero-order chi connectivity index (χ0) is 16.4. The molecule has 1 atom stereocenters. The number of pyridine rings is 1. The number of para-hydroxylation sites is 1. The van der Waals surface area contributed by atoms with E-state index >= 15 is 0 Å². The molecule has 5 nitrogen and oxygen atoms in total. The summed E-state index contributed by atoms with van der Waals surface area (Å²) in [7, 11) is 0. The van der Waals surface area contributed by atoms with E-state index < -0.39 is 0 Å².